The number of halogens is 2. The third-order valence-corrected chi connectivity index (χ3v) is 2.76. The second-order valence-electron chi connectivity index (χ2n) is 3.82. The Kier molecular flexibility index (Phi) is 3.66. The molecule has 1 aromatic heterocycles. The number of nitrogens with one attached hydrogen (secondary N) is 1. The predicted octanol–water partition coefficient (Wildman–Crippen LogP) is 3.45. The Morgan fingerprint density at radius 3 is 2.74 bits per heavy atom. The standard InChI is InChI=1S/C13H9ClFNO3/c1-7-10(5-9(6-17)19-7)13(18)16-8-2-3-12(15)11(14)4-8/h2-6H,1H3,(H,16,18). The molecule has 1 amide bonds. The van der Waals surface area contributed by atoms with Crippen molar-refractivity contribution >= 4 is 29.5 Å². The highest BCUT2D eigenvalue weighted by molar-refractivity contribution is 6.31. The molecule has 1 N–H and O–H groups in total. The number of anilines is 1. The molecule has 0 atom stereocenters. The van der Waals surface area contributed by atoms with E-state index >= 15 is 0 Å². The molecular formula is C13H9ClFNO3. The summed E-state index contributed by atoms with van der Waals surface area (Å²) >= 11 is 5.61. The van der Waals surface area contributed by atoms with Crippen LogP contribution in [0.5, 0.6) is 0 Å². The summed E-state index contributed by atoms with van der Waals surface area (Å²) in [6.45, 7) is 1.57. The van der Waals surface area contributed by atoms with Crippen LogP contribution in [0.25, 0.3) is 0 Å². The molecule has 19 heavy (non-hydrogen) atoms. The van der Waals surface area contributed by atoms with Crippen LogP contribution in [-0.2, 0) is 0 Å². The predicted molar refractivity (Wildman–Crippen MR) is 68.2 cm³/mol. The minimum Gasteiger partial charge on any atom is -0.458 e. The van der Waals surface area contributed by atoms with E-state index in [4.69, 9.17) is 16.0 Å². The first-order chi connectivity index (χ1) is 9.01. The molecule has 0 spiro atoms. The molecule has 6 heteroatoms. The van der Waals surface area contributed by atoms with Gasteiger partial charge in [-0.25, -0.2) is 4.39 Å². The Morgan fingerprint density at radius 1 is 1.42 bits per heavy atom. The van der Waals surface area contributed by atoms with Gasteiger partial charge < -0.3 is 9.73 Å². The first kappa shape index (κ1) is 13.3. The highest BCUT2D eigenvalue weighted by Gasteiger charge is 2.15. The number of carbonyl (C=O) groups is 2. The van der Waals surface area contributed by atoms with Crippen molar-refractivity contribution in [1.82, 2.24) is 0 Å². The van der Waals surface area contributed by atoms with Crippen LogP contribution in [0.15, 0.2) is 28.7 Å². The molecule has 0 aliphatic heterocycles. The number of aryl methyl sites for hydroxylation is 1. The van der Waals surface area contributed by atoms with Crippen LogP contribution in [0.3, 0.4) is 0 Å². The molecule has 0 aliphatic rings. The SMILES string of the molecule is Cc1oc(C=O)cc1C(=O)Nc1ccc(F)c(Cl)c1. The average molecular weight is 282 g/mol. The summed E-state index contributed by atoms with van der Waals surface area (Å²) in [5.74, 6) is -0.632. The maximum absolute atomic E-state index is 13.0. The van der Waals surface area contributed by atoms with Gasteiger partial charge in [-0.05, 0) is 25.1 Å². The summed E-state index contributed by atoms with van der Waals surface area (Å²) in [4.78, 5) is 22.5. The molecule has 98 valence electrons. The number of amides is 1. The molecule has 1 heterocycles. The van der Waals surface area contributed by atoms with Crippen LogP contribution >= 0.6 is 11.6 Å². The van der Waals surface area contributed by atoms with Crippen LogP contribution in [0, 0.1) is 12.7 Å². The van der Waals surface area contributed by atoms with Crippen molar-refractivity contribution < 1.29 is 18.4 Å². The zero-order valence-corrected chi connectivity index (χ0v) is 10.6. The fourth-order valence-electron chi connectivity index (χ4n) is 1.56. The van der Waals surface area contributed by atoms with Crippen molar-refractivity contribution in [1.29, 1.82) is 0 Å². The van der Waals surface area contributed by atoms with Gasteiger partial charge in [-0.1, -0.05) is 11.6 Å². The number of carbonyl (C=O) groups excluding carboxylic acids is 2. The number of hydrogen-bond acceptors (Lipinski definition) is 3. The molecule has 2 rings (SSSR count). The Balaban J connectivity index is 2.22. The van der Waals surface area contributed by atoms with Gasteiger partial charge in [0.2, 0.25) is 0 Å². The topological polar surface area (TPSA) is 59.3 Å². The third kappa shape index (κ3) is 2.82. The molecule has 0 fully saturated rings. The van der Waals surface area contributed by atoms with E-state index in [1.807, 2.05) is 0 Å². The maximum Gasteiger partial charge on any atom is 0.259 e. The largest absolute Gasteiger partial charge is 0.458 e. The Bertz CT molecular complexity index is 651. The van der Waals surface area contributed by atoms with Crippen LogP contribution in [0.2, 0.25) is 5.02 Å². The minimum absolute atomic E-state index is 0.0692. The van der Waals surface area contributed by atoms with Gasteiger partial charge in [-0.15, -0.1) is 0 Å². The summed E-state index contributed by atoms with van der Waals surface area (Å²) in [6.07, 6.45) is 0.512. The van der Waals surface area contributed by atoms with Gasteiger partial charge in [0.25, 0.3) is 5.91 Å². The summed E-state index contributed by atoms with van der Waals surface area (Å²) in [5.41, 5.74) is 0.590. The van der Waals surface area contributed by atoms with Crippen LogP contribution in [0.4, 0.5) is 10.1 Å². The molecule has 1 aromatic carbocycles. The number of hydrogen-bond donors (Lipinski definition) is 1. The Morgan fingerprint density at radius 2 is 2.16 bits per heavy atom. The van der Waals surface area contributed by atoms with E-state index < -0.39 is 11.7 Å². The van der Waals surface area contributed by atoms with Crippen LogP contribution in [0.1, 0.15) is 26.7 Å². The van der Waals surface area contributed by atoms with Gasteiger partial charge in [0.15, 0.2) is 12.0 Å². The first-order valence-electron chi connectivity index (χ1n) is 5.33. The second kappa shape index (κ2) is 5.24. The molecule has 0 saturated carbocycles. The maximum atomic E-state index is 13.0. The fourth-order valence-corrected chi connectivity index (χ4v) is 1.74. The zero-order chi connectivity index (χ0) is 14.0. The number of aldehydes is 1. The van der Waals surface area contributed by atoms with Crippen molar-refractivity contribution in [3.8, 4) is 0 Å². The van der Waals surface area contributed by atoms with Crippen molar-refractivity contribution in [3.63, 3.8) is 0 Å². The van der Waals surface area contributed by atoms with Gasteiger partial charge in [-0.3, -0.25) is 9.59 Å². The lowest BCUT2D eigenvalue weighted by Crippen LogP contribution is -2.12. The molecule has 0 radical (unpaired) electrons. The zero-order valence-electron chi connectivity index (χ0n) is 9.87. The molecule has 0 aliphatic carbocycles. The van der Waals surface area contributed by atoms with Crippen molar-refractivity contribution in [2.75, 3.05) is 5.32 Å². The average Bonchev–Trinajstić information content (AvgIpc) is 2.75. The van der Waals surface area contributed by atoms with E-state index in [9.17, 15) is 14.0 Å². The summed E-state index contributed by atoms with van der Waals surface area (Å²) in [5, 5.41) is 2.45. The van der Waals surface area contributed by atoms with Gasteiger partial charge in [0.1, 0.15) is 11.6 Å². The minimum atomic E-state index is -0.567. The number of rotatable bonds is 3. The summed E-state index contributed by atoms with van der Waals surface area (Å²) < 4.78 is 18.0. The quantitative estimate of drug-likeness (QED) is 0.877. The van der Waals surface area contributed by atoms with Gasteiger partial charge in [0, 0.05) is 11.8 Å². The monoisotopic (exact) mass is 281 g/mol. The van der Waals surface area contributed by atoms with Crippen LogP contribution < -0.4 is 5.32 Å². The first-order valence-corrected chi connectivity index (χ1v) is 5.71. The number of benzene rings is 1. The third-order valence-electron chi connectivity index (χ3n) is 2.48. The van der Waals surface area contributed by atoms with E-state index in [2.05, 4.69) is 5.32 Å². The van der Waals surface area contributed by atoms with Gasteiger partial charge >= 0.3 is 0 Å². The lowest BCUT2D eigenvalue weighted by atomic mass is 10.2. The van der Waals surface area contributed by atoms with Crippen molar-refractivity contribution in [2.24, 2.45) is 0 Å². The lowest BCUT2D eigenvalue weighted by Gasteiger charge is -2.04. The molecule has 2 aromatic rings. The molecule has 4 nitrogen and oxygen atoms in total. The van der Waals surface area contributed by atoms with E-state index in [1.54, 1.807) is 6.92 Å². The molecular weight excluding hydrogens is 273 g/mol. The second-order valence-corrected chi connectivity index (χ2v) is 4.23. The highest BCUT2D eigenvalue weighted by atomic mass is 35.5. The Labute approximate surface area is 113 Å². The molecule has 0 unspecified atom stereocenters. The lowest BCUT2D eigenvalue weighted by molar-refractivity contribution is 0.102. The van der Waals surface area contributed by atoms with E-state index in [0.717, 1.165) is 6.07 Å². The highest BCUT2D eigenvalue weighted by Crippen LogP contribution is 2.21. The van der Waals surface area contributed by atoms with Gasteiger partial charge in [-0.2, -0.15) is 0 Å². The number of furan rings is 1. The van der Waals surface area contributed by atoms with E-state index in [0.29, 0.717) is 17.7 Å². The Hall–Kier alpha value is -2.14. The molecule has 0 bridgehead atoms. The smallest absolute Gasteiger partial charge is 0.259 e. The summed E-state index contributed by atoms with van der Waals surface area (Å²) in [6, 6.07) is 5.17. The van der Waals surface area contributed by atoms with Gasteiger partial charge in [0.05, 0.1) is 10.6 Å². The fraction of sp³-hybridized carbons (Fsp3) is 0.0769. The summed E-state index contributed by atoms with van der Waals surface area (Å²) in [7, 11) is 0. The van der Waals surface area contributed by atoms with Crippen molar-refractivity contribution in [3.05, 3.63) is 52.2 Å². The van der Waals surface area contributed by atoms with Crippen molar-refractivity contribution in [2.45, 2.75) is 6.92 Å². The normalized spacial score (nSPS) is 10.3. The molecule has 0 saturated heterocycles. The van der Waals surface area contributed by atoms with E-state index in [-0.39, 0.29) is 16.3 Å². The van der Waals surface area contributed by atoms with E-state index in [1.165, 1.54) is 18.2 Å². The van der Waals surface area contributed by atoms with Crippen LogP contribution in [-0.4, -0.2) is 12.2 Å².